The van der Waals surface area contributed by atoms with Crippen LogP contribution in [-0.2, 0) is 0 Å². The van der Waals surface area contributed by atoms with E-state index in [1.807, 2.05) is 0 Å². The summed E-state index contributed by atoms with van der Waals surface area (Å²) in [6.07, 6.45) is 0. The van der Waals surface area contributed by atoms with Crippen molar-refractivity contribution in [2.24, 2.45) is 0 Å². The number of hydrogen-bond donors (Lipinski definition) is 2. The number of nitrogens with zero attached hydrogens (tertiary/aromatic N) is 1. The SMILES string of the molecule is O=C(NCCNc1ccccc1[N+](=O)[O-])c1cc2c(F)cccc2s1. The number of nitro groups is 1. The van der Waals surface area contributed by atoms with Crippen molar-refractivity contribution in [1.29, 1.82) is 0 Å². The molecule has 128 valence electrons. The van der Waals surface area contributed by atoms with Gasteiger partial charge in [-0.2, -0.15) is 0 Å². The summed E-state index contributed by atoms with van der Waals surface area (Å²) in [5, 5.41) is 17.0. The molecule has 0 saturated carbocycles. The van der Waals surface area contributed by atoms with Crippen LogP contribution in [0.4, 0.5) is 15.8 Å². The van der Waals surface area contributed by atoms with Gasteiger partial charge in [-0.25, -0.2) is 4.39 Å². The van der Waals surface area contributed by atoms with Gasteiger partial charge < -0.3 is 10.6 Å². The normalized spacial score (nSPS) is 10.6. The fraction of sp³-hybridized carbons (Fsp3) is 0.118. The van der Waals surface area contributed by atoms with Crippen LogP contribution in [0, 0.1) is 15.9 Å². The molecule has 0 aliphatic rings. The van der Waals surface area contributed by atoms with Gasteiger partial charge in [-0.15, -0.1) is 11.3 Å². The molecule has 0 aliphatic heterocycles. The molecule has 0 unspecified atom stereocenters. The maximum absolute atomic E-state index is 13.7. The molecule has 0 saturated heterocycles. The van der Waals surface area contributed by atoms with Gasteiger partial charge in [0, 0.05) is 29.2 Å². The molecule has 0 spiro atoms. The summed E-state index contributed by atoms with van der Waals surface area (Å²) < 4.78 is 14.4. The highest BCUT2D eigenvalue weighted by Crippen LogP contribution is 2.27. The highest BCUT2D eigenvalue weighted by Gasteiger charge is 2.13. The molecular weight excluding hydrogens is 345 g/mol. The van der Waals surface area contributed by atoms with Crippen molar-refractivity contribution in [2.75, 3.05) is 18.4 Å². The minimum Gasteiger partial charge on any atom is -0.378 e. The second-order valence-electron chi connectivity index (χ2n) is 5.22. The molecule has 25 heavy (non-hydrogen) atoms. The van der Waals surface area contributed by atoms with E-state index >= 15 is 0 Å². The van der Waals surface area contributed by atoms with Crippen molar-refractivity contribution >= 4 is 38.7 Å². The molecule has 6 nitrogen and oxygen atoms in total. The summed E-state index contributed by atoms with van der Waals surface area (Å²) in [6, 6.07) is 12.5. The lowest BCUT2D eigenvalue weighted by molar-refractivity contribution is -0.384. The summed E-state index contributed by atoms with van der Waals surface area (Å²) >= 11 is 1.22. The first-order valence-electron chi connectivity index (χ1n) is 7.50. The van der Waals surface area contributed by atoms with Gasteiger partial charge >= 0.3 is 0 Å². The Morgan fingerprint density at radius 2 is 1.96 bits per heavy atom. The van der Waals surface area contributed by atoms with Crippen LogP contribution in [0.3, 0.4) is 0 Å². The fourth-order valence-electron chi connectivity index (χ4n) is 2.38. The summed E-state index contributed by atoms with van der Waals surface area (Å²) in [7, 11) is 0. The smallest absolute Gasteiger partial charge is 0.292 e. The number of fused-ring (bicyclic) bond motifs is 1. The maximum atomic E-state index is 13.7. The predicted octanol–water partition coefficient (Wildman–Crippen LogP) is 3.79. The Bertz CT molecular complexity index is 942. The molecule has 0 bridgehead atoms. The lowest BCUT2D eigenvalue weighted by atomic mass is 10.2. The zero-order valence-electron chi connectivity index (χ0n) is 13.0. The number of benzene rings is 2. The van der Waals surface area contributed by atoms with Crippen molar-refractivity contribution in [3.63, 3.8) is 0 Å². The molecule has 1 amide bonds. The van der Waals surface area contributed by atoms with E-state index in [-0.39, 0.29) is 24.0 Å². The van der Waals surface area contributed by atoms with Crippen LogP contribution in [0.15, 0.2) is 48.5 Å². The topological polar surface area (TPSA) is 84.3 Å². The standard InChI is InChI=1S/C17H14FN3O3S/c18-12-4-3-7-15-11(12)10-16(25-15)17(22)20-9-8-19-13-5-1-2-6-14(13)21(23)24/h1-7,10,19H,8-9H2,(H,20,22). The number of halogens is 1. The molecule has 1 heterocycles. The molecule has 2 N–H and O–H groups in total. The fourth-order valence-corrected chi connectivity index (χ4v) is 3.37. The number of nitrogens with one attached hydrogen (secondary N) is 2. The third kappa shape index (κ3) is 3.74. The molecule has 0 radical (unpaired) electrons. The Hall–Kier alpha value is -3.00. The van der Waals surface area contributed by atoms with Crippen LogP contribution in [0.2, 0.25) is 0 Å². The van der Waals surface area contributed by atoms with E-state index < -0.39 is 4.92 Å². The molecule has 2 aromatic carbocycles. The number of carbonyl (C=O) groups is 1. The predicted molar refractivity (Wildman–Crippen MR) is 95.7 cm³/mol. The Morgan fingerprint density at radius 3 is 2.72 bits per heavy atom. The third-order valence-electron chi connectivity index (χ3n) is 3.56. The zero-order valence-corrected chi connectivity index (χ0v) is 13.8. The lowest BCUT2D eigenvalue weighted by Crippen LogP contribution is -2.28. The summed E-state index contributed by atoms with van der Waals surface area (Å²) in [4.78, 5) is 23.0. The third-order valence-corrected chi connectivity index (χ3v) is 4.66. The molecule has 1 aromatic heterocycles. The quantitative estimate of drug-likeness (QED) is 0.398. The Balaban J connectivity index is 1.58. The maximum Gasteiger partial charge on any atom is 0.292 e. The van der Waals surface area contributed by atoms with Gasteiger partial charge in [0.1, 0.15) is 11.5 Å². The summed E-state index contributed by atoms with van der Waals surface area (Å²) in [5.74, 6) is -0.657. The minimum atomic E-state index is -0.466. The van der Waals surface area contributed by atoms with E-state index in [1.165, 1.54) is 29.5 Å². The molecule has 0 atom stereocenters. The van der Waals surface area contributed by atoms with Gasteiger partial charge in [-0.1, -0.05) is 18.2 Å². The number of amides is 1. The average Bonchev–Trinajstić information content (AvgIpc) is 3.04. The average molecular weight is 359 g/mol. The van der Waals surface area contributed by atoms with Crippen LogP contribution in [0.1, 0.15) is 9.67 Å². The van der Waals surface area contributed by atoms with Crippen molar-refractivity contribution in [3.8, 4) is 0 Å². The number of hydrogen-bond acceptors (Lipinski definition) is 5. The summed E-state index contributed by atoms with van der Waals surface area (Å²) in [6.45, 7) is 0.609. The number of carbonyl (C=O) groups excluding carboxylic acids is 1. The minimum absolute atomic E-state index is 0.0196. The van der Waals surface area contributed by atoms with Gasteiger partial charge in [0.15, 0.2) is 0 Å². The van der Waals surface area contributed by atoms with Gasteiger partial charge in [0.05, 0.1) is 9.80 Å². The van der Waals surface area contributed by atoms with E-state index in [2.05, 4.69) is 10.6 Å². The van der Waals surface area contributed by atoms with Crippen molar-refractivity contribution in [3.05, 3.63) is 69.3 Å². The Labute approximate surface area is 146 Å². The number of thiophene rings is 1. The van der Waals surface area contributed by atoms with Gasteiger partial charge in [-0.05, 0) is 24.3 Å². The Kier molecular flexibility index (Phi) is 4.90. The van der Waals surface area contributed by atoms with E-state index in [9.17, 15) is 19.3 Å². The van der Waals surface area contributed by atoms with Crippen LogP contribution in [0.5, 0.6) is 0 Å². The van der Waals surface area contributed by atoms with Gasteiger partial charge in [0.25, 0.3) is 11.6 Å². The monoisotopic (exact) mass is 359 g/mol. The first kappa shape index (κ1) is 16.8. The number of nitro benzene ring substituents is 1. The van der Waals surface area contributed by atoms with Gasteiger partial charge in [-0.3, -0.25) is 14.9 Å². The van der Waals surface area contributed by atoms with Crippen molar-refractivity contribution in [1.82, 2.24) is 5.32 Å². The molecular formula is C17H14FN3O3S. The van der Waals surface area contributed by atoms with Crippen LogP contribution in [0.25, 0.3) is 10.1 Å². The van der Waals surface area contributed by atoms with Crippen LogP contribution >= 0.6 is 11.3 Å². The highest BCUT2D eigenvalue weighted by molar-refractivity contribution is 7.20. The summed E-state index contributed by atoms with van der Waals surface area (Å²) in [5.41, 5.74) is 0.375. The molecule has 3 rings (SSSR count). The van der Waals surface area contributed by atoms with E-state index in [4.69, 9.17) is 0 Å². The Morgan fingerprint density at radius 1 is 1.16 bits per heavy atom. The largest absolute Gasteiger partial charge is 0.378 e. The molecule has 8 heteroatoms. The van der Waals surface area contributed by atoms with Crippen LogP contribution < -0.4 is 10.6 Å². The van der Waals surface area contributed by atoms with Gasteiger partial charge in [0.2, 0.25) is 0 Å². The van der Waals surface area contributed by atoms with Crippen molar-refractivity contribution < 1.29 is 14.1 Å². The highest BCUT2D eigenvalue weighted by atomic mass is 32.1. The second kappa shape index (κ2) is 7.27. The zero-order chi connectivity index (χ0) is 17.8. The molecule has 0 aliphatic carbocycles. The number of anilines is 1. The van der Waals surface area contributed by atoms with E-state index in [0.29, 0.717) is 27.2 Å². The molecule has 0 fully saturated rings. The lowest BCUT2D eigenvalue weighted by Gasteiger charge is -2.07. The first-order valence-corrected chi connectivity index (χ1v) is 8.31. The second-order valence-corrected chi connectivity index (χ2v) is 6.30. The molecule has 3 aromatic rings. The number of rotatable bonds is 6. The first-order chi connectivity index (χ1) is 12.1. The number of para-hydroxylation sites is 2. The van der Waals surface area contributed by atoms with Crippen molar-refractivity contribution in [2.45, 2.75) is 0 Å². The van der Waals surface area contributed by atoms with E-state index in [0.717, 1.165) is 0 Å². The van der Waals surface area contributed by atoms with Crippen LogP contribution in [-0.4, -0.2) is 23.9 Å². The van der Waals surface area contributed by atoms with E-state index in [1.54, 1.807) is 30.3 Å².